The summed E-state index contributed by atoms with van der Waals surface area (Å²) >= 11 is 0. The summed E-state index contributed by atoms with van der Waals surface area (Å²) in [6.45, 7) is 2.93. The third-order valence-electron chi connectivity index (χ3n) is 3.11. The molecule has 0 fully saturated rings. The van der Waals surface area contributed by atoms with Gasteiger partial charge in [0.15, 0.2) is 12.4 Å². The van der Waals surface area contributed by atoms with E-state index in [1.54, 1.807) is 19.9 Å². The lowest BCUT2D eigenvalue weighted by atomic mass is 10.1. The second-order valence-electron chi connectivity index (χ2n) is 5.28. The van der Waals surface area contributed by atoms with Crippen LogP contribution in [-0.2, 0) is 14.8 Å². The first-order valence-electron chi connectivity index (χ1n) is 7.01. The quantitative estimate of drug-likeness (QED) is 0.633. The molecule has 0 aliphatic heterocycles. The van der Waals surface area contributed by atoms with E-state index in [2.05, 4.69) is 4.72 Å². The first-order valence-corrected chi connectivity index (χ1v) is 8.90. The van der Waals surface area contributed by atoms with Crippen LogP contribution in [0, 0.1) is 13.8 Å². The number of benzene rings is 1. The average Bonchev–Trinajstić information content (AvgIpc) is 2.82. The highest BCUT2D eigenvalue weighted by Crippen LogP contribution is 2.15. The molecule has 8 heteroatoms. The van der Waals surface area contributed by atoms with Crippen molar-refractivity contribution in [1.82, 2.24) is 0 Å². The molecule has 1 heterocycles. The predicted octanol–water partition coefficient (Wildman–Crippen LogP) is 2.31. The van der Waals surface area contributed by atoms with Gasteiger partial charge in [0, 0.05) is 11.3 Å². The number of aryl methyl sites for hydroxylation is 2. The molecule has 0 aliphatic rings. The van der Waals surface area contributed by atoms with E-state index in [0.717, 1.165) is 6.26 Å². The van der Waals surface area contributed by atoms with E-state index in [4.69, 9.17) is 9.15 Å². The SMILES string of the molecule is Cc1cc(C(=O)OCC(=O)c2ccc(NS(C)(=O)=O)cc2)c(C)o1. The first kappa shape index (κ1) is 17.7. The molecule has 1 N–H and O–H groups in total. The van der Waals surface area contributed by atoms with E-state index in [0.29, 0.717) is 22.8 Å². The van der Waals surface area contributed by atoms with Gasteiger partial charge in [-0.2, -0.15) is 0 Å². The fraction of sp³-hybridized carbons (Fsp3) is 0.250. The number of carbonyl (C=O) groups excluding carboxylic acids is 2. The topological polar surface area (TPSA) is 103 Å². The fourth-order valence-electron chi connectivity index (χ4n) is 2.06. The van der Waals surface area contributed by atoms with Gasteiger partial charge in [-0.25, -0.2) is 13.2 Å². The fourth-order valence-corrected chi connectivity index (χ4v) is 2.63. The molecule has 0 radical (unpaired) electrons. The zero-order valence-electron chi connectivity index (χ0n) is 13.5. The molecule has 1 aromatic carbocycles. The number of hydrogen-bond acceptors (Lipinski definition) is 6. The Morgan fingerprint density at radius 3 is 2.29 bits per heavy atom. The molecular formula is C16H17NO6S. The number of esters is 1. The van der Waals surface area contributed by atoms with Crippen molar-refractivity contribution < 1.29 is 27.2 Å². The van der Waals surface area contributed by atoms with Gasteiger partial charge in [-0.1, -0.05) is 0 Å². The number of Topliss-reactive ketones (excluding diaryl/α,β-unsaturated/α-hetero) is 1. The van der Waals surface area contributed by atoms with Crippen molar-refractivity contribution in [2.75, 3.05) is 17.6 Å². The minimum absolute atomic E-state index is 0.285. The van der Waals surface area contributed by atoms with Gasteiger partial charge in [0.05, 0.1) is 6.26 Å². The smallest absolute Gasteiger partial charge is 0.342 e. The predicted molar refractivity (Wildman–Crippen MR) is 87.7 cm³/mol. The van der Waals surface area contributed by atoms with Crippen molar-refractivity contribution in [1.29, 1.82) is 0 Å². The summed E-state index contributed by atoms with van der Waals surface area (Å²) in [6.07, 6.45) is 1.03. The Balaban J connectivity index is 1.97. The van der Waals surface area contributed by atoms with Crippen LogP contribution in [-0.4, -0.2) is 33.0 Å². The highest BCUT2D eigenvalue weighted by atomic mass is 32.2. The zero-order valence-corrected chi connectivity index (χ0v) is 14.3. The van der Waals surface area contributed by atoms with Crippen LogP contribution in [0.2, 0.25) is 0 Å². The molecule has 0 unspecified atom stereocenters. The van der Waals surface area contributed by atoms with Crippen molar-refractivity contribution in [3.05, 3.63) is 53.0 Å². The van der Waals surface area contributed by atoms with Crippen molar-refractivity contribution >= 4 is 27.5 Å². The van der Waals surface area contributed by atoms with E-state index in [1.165, 1.54) is 24.3 Å². The molecule has 0 aliphatic carbocycles. The van der Waals surface area contributed by atoms with Crippen LogP contribution in [0.25, 0.3) is 0 Å². The van der Waals surface area contributed by atoms with Crippen molar-refractivity contribution in [3.63, 3.8) is 0 Å². The summed E-state index contributed by atoms with van der Waals surface area (Å²) in [5, 5.41) is 0. The van der Waals surface area contributed by atoms with Gasteiger partial charge in [-0.05, 0) is 44.2 Å². The standard InChI is InChI=1S/C16H17NO6S/c1-10-8-14(11(2)23-10)16(19)22-9-15(18)12-4-6-13(7-5-12)17-24(3,20)21/h4-8,17H,9H2,1-3H3. The molecule has 0 amide bonds. The maximum atomic E-state index is 12.0. The number of carbonyl (C=O) groups is 2. The Bertz CT molecular complexity index is 864. The maximum Gasteiger partial charge on any atom is 0.342 e. The van der Waals surface area contributed by atoms with Crippen LogP contribution < -0.4 is 4.72 Å². The Morgan fingerprint density at radius 2 is 1.79 bits per heavy atom. The number of hydrogen-bond donors (Lipinski definition) is 1. The molecule has 128 valence electrons. The minimum Gasteiger partial charge on any atom is -0.466 e. The Kier molecular flexibility index (Phi) is 5.08. The van der Waals surface area contributed by atoms with E-state index >= 15 is 0 Å². The highest BCUT2D eigenvalue weighted by Gasteiger charge is 2.17. The van der Waals surface area contributed by atoms with Gasteiger partial charge in [0.25, 0.3) is 0 Å². The van der Waals surface area contributed by atoms with Crippen LogP contribution in [0.1, 0.15) is 32.2 Å². The minimum atomic E-state index is -3.38. The molecule has 2 rings (SSSR count). The third kappa shape index (κ3) is 4.69. The number of anilines is 1. The molecule has 1 aromatic heterocycles. The van der Waals surface area contributed by atoms with Crippen LogP contribution in [0.4, 0.5) is 5.69 Å². The maximum absolute atomic E-state index is 12.0. The molecule has 7 nitrogen and oxygen atoms in total. The summed E-state index contributed by atoms with van der Waals surface area (Å²) < 4.78 is 34.8. The summed E-state index contributed by atoms with van der Waals surface area (Å²) in [5.74, 6) is -0.0129. The van der Waals surface area contributed by atoms with Crippen LogP contribution in [0.5, 0.6) is 0 Å². The van der Waals surface area contributed by atoms with Gasteiger partial charge >= 0.3 is 5.97 Å². The van der Waals surface area contributed by atoms with E-state index in [9.17, 15) is 18.0 Å². The monoisotopic (exact) mass is 351 g/mol. The van der Waals surface area contributed by atoms with Gasteiger partial charge in [-0.15, -0.1) is 0 Å². The summed E-state index contributed by atoms with van der Waals surface area (Å²) in [6, 6.07) is 7.38. The molecule has 0 saturated heterocycles. The normalized spacial score (nSPS) is 11.1. The van der Waals surface area contributed by atoms with Crippen molar-refractivity contribution in [2.24, 2.45) is 0 Å². The lowest BCUT2D eigenvalue weighted by molar-refractivity contribution is 0.0473. The van der Waals surface area contributed by atoms with Crippen molar-refractivity contribution in [3.8, 4) is 0 Å². The summed E-state index contributed by atoms with van der Waals surface area (Å²) in [4.78, 5) is 23.9. The molecule has 2 aromatic rings. The molecule has 0 saturated carbocycles. The number of ketones is 1. The molecular weight excluding hydrogens is 334 g/mol. The van der Waals surface area contributed by atoms with Crippen LogP contribution >= 0.6 is 0 Å². The van der Waals surface area contributed by atoms with E-state index < -0.39 is 28.4 Å². The Morgan fingerprint density at radius 1 is 1.17 bits per heavy atom. The van der Waals surface area contributed by atoms with Crippen molar-refractivity contribution in [2.45, 2.75) is 13.8 Å². The highest BCUT2D eigenvalue weighted by molar-refractivity contribution is 7.92. The third-order valence-corrected chi connectivity index (χ3v) is 3.71. The number of nitrogens with one attached hydrogen (secondary N) is 1. The number of furan rings is 1. The number of sulfonamides is 1. The number of rotatable bonds is 6. The van der Waals surface area contributed by atoms with Gasteiger partial charge in [0.2, 0.25) is 10.0 Å². The first-order chi connectivity index (χ1) is 11.2. The van der Waals surface area contributed by atoms with Crippen LogP contribution in [0.15, 0.2) is 34.7 Å². The Labute approximate surface area is 139 Å². The molecule has 0 spiro atoms. The summed E-state index contributed by atoms with van der Waals surface area (Å²) in [7, 11) is -3.38. The van der Waals surface area contributed by atoms with E-state index in [-0.39, 0.29) is 5.56 Å². The van der Waals surface area contributed by atoms with E-state index in [1.807, 2.05) is 0 Å². The van der Waals surface area contributed by atoms with Crippen LogP contribution in [0.3, 0.4) is 0 Å². The Hall–Kier alpha value is -2.61. The van der Waals surface area contributed by atoms with Gasteiger partial charge in [0.1, 0.15) is 17.1 Å². The average molecular weight is 351 g/mol. The van der Waals surface area contributed by atoms with Gasteiger partial charge in [-0.3, -0.25) is 9.52 Å². The summed E-state index contributed by atoms with van der Waals surface area (Å²) in [5.41, 5.74) is 0.936. The largest absolute Gasteiger partial charge is 0.466 e. The number of ether oxygens (including phenoxy) is 1. The molecule has 24 heavy (non-hydrogen) atoms. The molecule has 0 bridgehead atoms. The van der Waals surface area contributed by atoms with Gasteiger partial charge < -0.3 is 9.15 Å². The lowest BCUT2D eigenvalue weighted by Crippen LogP contribution is -2.14. The molecule has 0 atom stereocenters. The second kappa shape index (κ2) is 6.88. The lowest BCUT2D eigenvalue weighted by Gasteiger charge is -2.06. The second-order valence-corrected chi connectivity index (χ2v) is 7.03. The zero-order chi connectivity index (χ0) is 17.9.